The molecule has 1 saturated heterocycles. The second-order valence-electron chi connectivity index (χ2n) is 6.56. The molecule has 130 valence electrons. The second kappa shape index (κ2) is 7.57. The van der Waals surface area contributed by atoms with Gasteiger partial charge in [-0.2, -0.15) is 0 Å². The lowest BCUT2D eigenvalue weighted by Gasteiger charge is -2.43. The summed E-state index contributed by atoms with van der Waals surface area (Å²) in [6.07, 6.45) is 0. The van der Waals surface area contributed by atoms with Gasteiger partial charge in [-0.3, -0.25) is 4.90 Å². The van der Waals surface area contributed by atoms with E-state index in [2.05, 4.69) is 46.1 Å². The van der Waals surface area contributed by atoms with Crippen LogP contribution in [0.5, 0.6) is 11.5 Å². The molecule has 2 aliphatic rings. The first-order valence-electron chi connectivity index (χ1n) is 7.67. The highest BCUT2D eigenvalue weighted by Gasteiger charge is 2.37. The van der Waals surface area contributed by atoms with Gasteiger partial charge in [-0.05, 0) is 17.7 Å². The van der Waals surface area contributed by atoms with Crippen molar-refractivity contribution in [2.24, 2.45) is 5.41 Å². The molecule has 1 atom stereocenters. The third-order valence-electron chi connectivity index (χ3n) is 4.45. The molecule has 5 nitrogen and oxygen atoms in total. The summed E-state index contributed by atoms with van der Waals surface area (Å²) in [5.41, 5.74) is 0.887. The van der Waals surface area contributed by atoms with Gasteiger partial charge in [0.15, 0.2) is 11.5 Å². The summed E-state index contributed by atoms with van der Waals surface area (Å²) in [5, 5.41) is 13.3. The molecule has 0 aromatic heterocycles. The highest BCUT2D eigenvalue weighted by Crippen LogP contribution is 2.46. The van der Waals surface area contributed by atoms with Gasteiger partial charge < -0.3 is 19.9 Å². The van der Waals surface area contributed by atoms with Crippen molar-refractivity contribution in [2.45, 2.75) is 19.9 Å². The fourth-order valence-corrected chi connectivity index (χ4v) is 3.82. The Labute approximate surface area is 151 Å². The van der Waals surface area contributed by atoms with E-state index in [9.17, 15) is 5.11 Å². The molecule has 0 aliphatic carbocycles. The van der Waals surface area contributed by atoms with Crippen molar-refractivity contribution in [2.75, 3.05) is 39.6 Å². The lowest BCUT2D eigenvalue weighted by Crippen LogP contribution is -2.49. The van der Waals surface area contributed by atoms with Gasteiger partial charge in [0.25, 0.3) is 0 Å². The SMILES string of the molecule is CC(C)(CO)[C@H](c1cc2c(cc1Br)OCO2)N1CCNCC1.Cl. The number of hydrogen-bond donors (Lipinski definition) is 2. The first-order chi connectivity index (χ1) is 10.5. The van der Waals surface area contributed by atoms with Gasteiger partial charge in [0, 0.05) is 48.7 Å². The van der Waals surface area contributed by atoms with E-state index in [1.54, 1.807) is 0 Å². The predicted molar refractivity (Wildman–Crippen MR) is 95.6 cm³/mol. The van der Waals surface area contributed by atoms with Crippen LogP contribution in [-0.4, -0.2) is 49.6 Å². The van der Waals surface area contributed by atoms with Crippen LogP contribution in [0.4, 0.5) is 0 Å². The average Bonchev–Trinajstić information content (AvgIpc) is 2.95. The van der Waals surface area contributed by atoms with E-state index in [1.807, 2.05) is 6.07 Å². The molecule has 0 spiro atoms. The lowest BCUT2D eigenvalue weighted by molar-refractivity contribution is 0.0301. The van der Waals surface area contributed by atoms with Crippen molar-refractivity contribution < 1.29 is 14.6 Å². The zero-order valence-corrected chi connectivity index (χ0v) is 15.9. The molecule has 23 heavy (non-hydrogen) atoms. The summed E-state index contributed by atoms with van der Waals surface area (Å²) < 4.78 is 12.0. The Morgan fingerprint density at radius 3 is 2.48 bits per heavy atom. The minimum absolute atomic E-state index is 0. The van der Waals surface area contributed by atoms with Crippen molar-refractivity contribution in [1.82, 2.24) is 10.2 Å². The fraction of sp³-hybridized carbons (Fsp3) is 0.625. The van der Waals surface area contributed by atoms with Gasteiger partial charge in [0.05, 0.1) is 0 Å². The van der Waals surface area contributed by atoms with E-state index in [0.29, 0.717) is 0 Å². The average molecular weight is 408 g/mol. The molecular weight excluding hydrogens is 384 g/mol. The number of halogens is 2. The number of aliphatic hydroxyl groups is 1. The Hall–Kier alpha value is -0.530. The van der Waals surface area contributed by atoms with Crippen molar-refractivity contribution >= 4 is 28.3 Å². The van der Waals surface area contributed by atoms with Crippen LogP contribution in [0.1, 0.15) is 25.5 Å². The predicted octanol–water partition coefficient (Wildman–Crippen LogP) is 2.56. The number of benzene rings is 1. The van der Waals surface area contributed by atoms with Crippen LogP contribution in [0.25, 0.3) is 0 Å². The third kappa shape index (κ3) is 3.77. The first-order valence-corrected chi connectivity index (χ1v) is 8.47. The Bertz CT molecular complexity index is 550. The Balaban J connectivity index is 0.00000192. The summed E-state index contributed by atoms with van der Waals surface area (Å²) in [5.74, 6) is 1.56. The number of rotatable bonds is 4. The van der Waals surface area contributed by atoms with Gasteiger partial charge >= 0.3 is 0 Å². The monoisotopic (exact) mass is 406 g/mol. The van der Waals surface area contributed by atoms with Crippen LogP contribution in [0.15, 0.2) is 16.6 Å². The number of hydrogen-bond acceptors (Lipinski definition) is 5. The van der Waals surface area contributed by atoms with Crippen LogP contribution in [0.3, 0.4) is 0 Å². The summed E-state index contributed by atoms with van der Waals surface area (Å²) >= 11 is 3.68. The summed E-state index contributed by atoms with van der Waals surface area (Å²) in [6, 6.07) is 4.14. The molecule has 7 heteroatoms. The Morgan fingerprint density at radius 1 is 1.26 bits per heavy atom. The number of nitrogens with one attached hydrogen (secondary N) is 1. The van der Waals surface area contributed by atoms with Gasteiger partial charge in [0.2, 0.25) is 6.79 Å². The lowest BCUT2D eigenvalue weighted by atomic mass is 9.79. The third-order valence-corrected chi connectivity index (χ3v) is 5.14. The standard InChI is InChI=1S/C16H23BrN2O3.ClH/c1-16(2,9-20)15(19-5-3-18-4-6-19)11-7-13-14(8-12(11)17)22-10-21-13;/h7-8,15,18,20H,3-6,9-10H2,1-2H3;1H/t15-;/m0./s1. The van der Waals surface area contributed by atoms with E-state index in [1.165, 1.54) is 0 Å². The van der Waals surface area contributed by atoms with Crippen molar-refractivity contribution in [3.05, 3.63) is 22.2 Å². The zero-order valence-electron chi connectivity index (χ0n) is 13.5. The number of piperazine rings is 1. The summed E-state index contributed by atoms with van der Waals surface area (Å²) in [4.78, 5) is 2.44. The number of ether oxygens (including phenoxy) is 2. The maximum atomic E-state index is 9.93. The van der Waals surface area contributed by atoms with E-state index in [4.69, 9.17) is 9.47 Å². The van der Waals surface area contributed by atoms with E-state index in [-0.39, 0.29) is 37.3 Å². The maximum absolute atomic E-state index is 9.93. The molecule has 0 bridgehead atoms. The van der Waals surface area contributed by atoms with Gasteiger partial charge in [-0.1, -0.05) is 29.8 Å². The Kier molecular flexibility index (Phi) is 6.19. The zero-order chi connectivity index (χ0) is 15.7. The van der Waals surface area contributed by atoms with Crippen molar-refractivity contribution in [1.29, 1.82) is 0 Å². The molecule has 1 fully saturated rings. The van der Waals surface area contributed by atoms with Crippen LogP contribution in [0, 0.1) is 5.41 Å². The maximum Gasteiger partial charge on any atom is 0.231 e. The van der Waals surface area contributed by atoms with Gasteiger partial charge in [-0.15, -0.1) is 12.4 Å². The fourth-order valence-electron chi connectivity index (χ4n) is 3.28. The van der Waals surface area contributed by atoms with E-state index >= 15 is 0 Å². The van der Waals surface area contributed by atoms with Crippen LogP contribution < -0.4 is 14.8 Å². The highest BCUT2D eigenvalue weighted by molar-refractivity contribution is 9.10. The molecule has 2 N–H and O–H groups in total. The van der Waals surface area contributed by atoms with Crippen LogP contribution >= 0.6 is 28.3 Å². The first kappa shape index (κ1) is 18.8. The normalized spacial score (nSPS) is 19.3. The van der Waals surface area contributed by atoms with E-state index in [0.717, 1.165) is 47.7 Å². The summed E-state index contributed by atoms with van der Waals surface area (Å²) in [7, 11) is 0. The molecule has 0 saturated carbocycles. The quantitative estimate of drug-likeness (QED) is 0.803. The molecular formula is C16H24BrClN2O3. The molecule has 3 rings (SSSR count). The molecule has 2 aliphatic heterocycles. The van der Waals surface area contributed by atoms with Crippen molar-refractivity contribution in [3.8, 4) is 11.5 Å². The van der Waals surface area contributed by atoms with Gasteiger partial charge in [0.1, 0.15) is 0 Å². The second-order valence-corrected chi connectivity index (χ2v) is 7.42. The van der Waals surface area contributed by atoms with Crippen molar-refractivity contribution in [3.63, 3.8) is 0 Å². The van der Waals surface area contributed by atoms with Gasteiger partial charge in [-0.25, -0.2) is 0 Å². The molecule has 0 amide bonds. The molecule has 0 unspecified atom stereocenters. The largest absolute Gasteiger partial charge is 0.454 e. The van der Waals surface area contributed by atoms with E-state index < -0.39 is 0 Å². The topological polar surface area (TPSA) is 54.0 Å². The smallest absolute Gasteiger partial charge is 0.231 e. The molecule has 2 heterocycles. The number of fused-ring (bicyclic) bond motifs is 1. The number of nitrogens with zero attached hydrogens (tertiary/aromatic N) is 1. The Morgan fingerprint density at radius 2 is 1.87 bits per heavy atom. The molecule has 0 radical (unpaired) electrons. The summed E-state index contributed by atoms with van der Waals surface area (Å²) in [6.45, 7) is 8.49. The minimum atomic E-state index is -0.256. The van der Waals surface area contributed by atoms with Crippen LogP contribution in [0.2, 0.25) is 0 Å². The molecule has 1 aromatic carbocycles. The minimum Gasteiger partial charge on any atom is -0.454 e. The highest BCUT2D eigenvalue weighted by atomic mass is 79.9. The van der Waals surface area contributed by atoms with Crippen LogP contribution in [-0.2, 0) is 0 Å². The number of aliphatic hydroxyl groups excluding tert-OH is 1. The molecule has 1 aromatic rings.